The van der Waals surface area contributed by atoms with Crippen molar-refractivity contribution in [2.75, 3.05) is 5.88 Å². The van der Waals surface area contributed by atoms with Crippen molar-refractivity contribution in [3.05, 3.63) is 0 Å². The summed E-state index contributed by atoms with van der Waals surface area (Å²) >= 11 is 5.87. The van der Waals surface area contributed by atoms with Crippen molar-refractivity contribution in [2.45, 2.75) is 78.2 Å². The van der Waals surface area contributed by atoms with E-state index >= 15 is 0 Å². The molecule has 0 spiro atoms. The van der Waals surface area contributed by atoms with Gasteiger partial charge >= 0.3 is 0 Å². The number of hydrogen-bond donors (Lipinski definition) is 1. The van der Waals surface area contributed by atoms with Crippen LogP contribution in [0.1, 0.15) is 72.1 Å². The Kier molecular flexibility index (Phi) is 3.83. The number of carbonyl (C=O) groups is 1. The molecule has 0 aromatic heterocycles. The molecule has 2 nitrogen and oxygen atoms in total. The number of alkyl halides is 1. The fourth-order valence-corrected chi connectivity index (χ4v) is 6.81. The highest BCUT2D eigenvalue weighted by atomic mass is 35.5. The molecular weight excluding hydrogens is 282 g/mol. The van der Waals surface area contributed by atoms with Crippen LogP contribution in [0.4, 0.5) is 0 Å². The fourth-order valence-electron chi connectivity index (χ4n) is 6.55. The zero-order chi connectivity index (χ0) is 15.3. The van der Waals surface area contributed by atoms with E-state index < -0.39 is 0 Å². The number of hydrogen-bond acceptors (Lipinski definition) is 1. The molecule has 4 aliphatic carbocycles. The van der Waals surface area contributed by atoms with E-state index in [9.17, 15) is 4.79 Å². The minimum atomic E-state index is -0.0807. The van der Waals surface area contributed by atoms with Gasteiger partial charge in [-0.25, -0.2) is 0 Å². The molecule has 21 heavy (non-hydrogen) atoms. The molecule has 0 aromatic rings. The Labute approximate surface area is 134 Å². The molecule has 0 heterocycles. The minimum Gasteiger partial charge on any atom is -0.353 e. The van der Waals surface area contributed by atoms with E-state index in [2.05, 4.69) is 26.1 Å². The van der Waals surface area contributed by atoms with Crippen LogP contribution in [-0.2, 0) is 4.79 Å². The predicted molar refractivity (Wildman–Crippen MR) is 87.4 cm³/mol. The van der Waals surface area contributed by atoms with E-state index in [1.165, 1.54) is 19.3 Å². The summed E-state index contributed by atoms with van der Waals surface area (Å²) in [6.07, 6.45) is 9.22. The second kappa shape index (κ2) is 5.15. The highest BCUT2D eigenvalue weighted by Crippen LogP contribution is 2.69. The van der Waals surface area contributed by atoms with E-state index in [1.807, 2.05) is 0 Å². The van der Waals surface area contributed by atoms with Crippen LogP contribution in [0.15, 0.2) is 0 Å². The lowest BCUT2D eigenvalue weighted by Crippen LogP contribution is -2.60. The van der Waals surface area contributed by atoms with Gasteiger partial charge in [0.25, 0.3) is 0 Å². The van der Waals surface area contributed by atoms with Crippen molar-refractivity contribution in [1.29, 1.82) is 0 Å². The van der Waals surface area contributed by atoms with Gasteiger partial charge in [0.05, 0.1) is 5.41 Å². The highest BCUT2D eigenvalue weighted by Gasteiger charge is 2.62. The standard InChI is InChI=1S/C18H30ClNO/c1-4-14(5-6-19)20-15(21)18-9-13-7-16(2,11-18)10-17(3,8-13)12-18/h13-14H,4-12H2,1-3H3,(H,20,21). The lowest BCUT2D eigenvalue weighted by molar-refractivity contribution is -0.170. The van der Waals surface area contributed by atoms with E-state index in [0.29, 0.717) is 22.6 Å². The van der Waals surface area contributed by atoms with Gasteiger partial charge in [-0.3, -0.25) is 4.79 Å². The maximum atomic E-state index is 13.1. The number of amides is 1. The van der Waals surface area contributed by atoms with Gasteiger partial charge in [0, 0.05) is 11.9 Å². The summed E-state index contributed by atoms with van der Waals surface area (Å²) in [5.74, 6) is 1.74. The van der Waals surface area contributed by atoms with Crippen LogP contribution in [0.2, 0.25) is 0 Å². The number of halogens is 1. The molecule has 0 radical (unpaired) electrons. The predicted octanol–water partition coefficient (Wildman–Crippen LogP) is 4.51. The molecule has 0 saturated heterocycles. The van der Waals surface area contributed by atoms with Crippen molar-refractivity contribution >= 4 is 17.5 Å². The van der Waals surface area contributed by atoms with Crippen LogP contribution < -0.4 is 5.32 Å². The summed E-state index contributed by atoms with van der Waals surface area (Å²) in [5, 5.41) is 3.34. The lowest BCUT2D eigenvalue weighted by Gasteiger charge is -2.64. The average molecular weight is 312 g/mol. The SMILES string of the molecule is CCC(CCCl)NC(=O)C12CC3CC(C)(CC(C)(C3)C1)C2. The normalized spacial score (nSPS) is 45.6. The molecule has 4 rings (SSSR count). The first-order chi connectivity index (χ1) is 9.82. The zero-order valence-electron chi connectivity index (χ0n) is 13.8. The summed E-state index contributed by atoms with van der Waals surface area (Å²) in [7, 11) is 0. The highest BCUT2D eigenvalue weighted by molar-refractivity contribution is 6.17. The fraction of sp³-hybridized carbons (Fsp3) is 0.944. The zero-order valence-corrected chi connectivity index (χ0v) is 14.6. The molecule has 3 heteroatoms. The monoisotopic (exact) mass is 311 g/mol. The third kappa shape index (κ3) is 2.73. The number of carbonyl (C=O) groups excluding carboxylic acids is 1. The van der Waals surface area contributed by atoms with Crippen LogP contribution in [0.5, 0.6) is 0 Å². The van der Waals surface area contributed by atoms with Gasteiger partial charge in [-0.05, 0) is 68.1 Å². The number of rotatable bonds is 5. The number of nitrogens with one attached hydrogen (secondary N) is 1. The topological polar surface area (TPSA) is 29.1 Å². The summed E-state index contributed by atoms with van der Waals surface area (Å²) in [6, 6.07) is 0.253. The van der Waals surface area contributed by atoms with Gasteiger partial charge < -0.3 is 5.32 Å². The van der Waals surface area contributed by atoms with E-state index in [1.54, 1.807) is 0 Å². The smallest absolute Gasteiger partial charge is 0.226 e. The first-order valence-electron chi connectivity index (χ1n) is 8.69. The van der Waals surface area contributed by atoms with E-state index in [0.717, 1.165) is 38.0 Å². The van der Waals surface area contributed by atoms with Crippen molar-refractivity contribution in [1.82, 2.24) is 5.32 Å². The van der Waals surface area contributed by atoms with Crippen LogP contribution in [0, 0.1) is 22.2 Å². The van der Waals surface area contributed by atoms with Crippen LogP contribution >= 0.6 is 11.6 Å². The minimum absolute atomic E-state index is 0.0807. The van der Waals surface area contributed by atoms with Crippen LogP contribution in [0.3, 0.4) is 0 Å². The molecule has 4 saturated carbocycles. The quantitative estimate of drug-likeness (QED) is 0.744. The maximum absolute atomic E-state index is 13.1. The Morgan fingerprint density at radius 1 is 1.19 bits per heavy atom. The van der Waals surface area contributed by atoms with Crippen LogP contribution in [-0.4, -0.2) is 17.8 Å². The van der Waals surface area contributed by atoms with Gasteiger partial charge in [-0.15, -0.1) is 11.6 Å². The van der Waals surface area contributed by atoms with Gasteiger partial charge in [0.15, 0.2) is 0 Å². The van der Waals surface area contributed by atoms with E-state index in [-0.39, 0.29) is 11.5 Å². The summed E-state index contributed by atoms with van der Waals surface area (Å²) < 4.78 is 0. The van der Waals surface area contributed by atoms with Gasteiger partial charge in [-0.1, -0.05) is 20.8 Å². The Morgan fingerprint density at radius 3 is 2.29 bits per heavy atom. The molecular formula is C18H30ClNO. The first kappa shape index (κ1) is 15.6. The van der Waals surface area contributed by atoms with Gasteiger partial charge in [0.1, 0.15) is 0 Å². The largest absolute Gasteiger partial charge is 0.353 e. The lowest BCUT2D eigenvalue weighted by atomic mass is 9.40. The summed E-state index contributed by atoms with van der Waals surface area (Å²) in [5.41, 5.74) is 0.724. The Balaban J connectivity index is 1.79. The molecule has 4 bridgehead atoms. The van der Waals surface area contributed by atoms with Crippen molar-refractivity contribution in [3.8, 4) is 0 Å². The maximum Gasteiger partial charge on any atom is 0.226 e. The van der Waals surface area contributed by atoms with Gasteiger partial charge in [0.2, 0.25) is 5.91 Å². The van der Waals surface area contributed by atoms with Crippen LogP contribution in [0.25, 0.3) is 0 Å². The van der Waals surface area contributed by atoms with Crippen molar-refractivity contribution < 1.29 is 4.79 Å². The summed E-state index contributed by atoms with van der Waals surface area (Å²) in [4.78, 5) is 13.1. The molecule has 0 aliphatic heterocycles. The first-order valence-corrected chi connectivity index (χ1v) is 9.22. The Morgan fingerprint density at radius 2 is 1.81 bits per heavy atom. The van der Waals surface area contributed by atoms with Gasteiger partial charge in [-0.2, -0.15) is 0 Å². The molecule has 4 aliphatic rings. The second-order valence-electron chi connectivity index (χ2n) is 8.97. The molecule has 3 atom stereocenters. The second-order valence-corrected chi connectivity index (χ2v) is 9.34. The summed E-state index contributed by atoms with van der Waals surface area (Å²) in [6.45, 7) is 6.99. The molecule has 1 amide bonds. The van der Waals surface area contributed by atoms with Crippen molar-refractivity contribution in [3.63, 3.8) is 0 Å². The molecule has 0 aromatic carbocycles. The van der Waals surface area contributed by atoms with Crippen molar-refractivity contribution in [2.24, 2.45) is 22.2 Å². The van der Waals surface area contributed by atoms with E-state index in [4.69, 9.17) is 11.6 Å². The molecule has 3 unspecified atom stereocenters. The molecule has 120 valence electrons. The Hall–Kier alpha value is -0.240. The molecule has 4 fully saturated rings. The third-order valence-electron chi connectivity index (χ3n) is 6.39. The third-order valence-corrected chi connectivity index (χ3v) is 6.61. The average Bonchev–Trinajstić information content (AvgIpc) is 2.33. The Bertz CT molecular complexity index is 417. The molecule has 1 N–H and O–H groups in total.